The predicted octanol–water partition coefficient (Wildman–Crippen LogP) is 3.00. The summed E-state index contributed by atoms with van der Waals surface area (Å²) in [5.74, 6) is 0. The van der Waals surface area contributed by atoms with Crippen LogP contribution in [-0.4, -0.2) is 16.9 Å². The van der Waals surface area contributed by atoms with Gasteiger partial charge in [0.25, 0.3) is 0 Å². The van der Waals surface area contributed by atoms with Crippen molar-refractivity contribution >= 4 is 11.4 Å². The second-order valence-electron chi connectivity index (χ2n) is 4.20. The van der Waals surface area contributed by atoms with Crippen molar-refractivity contribution in [1.82, 2.24) is 0 Å². The van der Waals surface area contributed by atoms with E-state index in [1.54, 1.807) is 0 Å². The lowest BCUT2D eigenvalue weighted by Gasteiger charge is -2.18. The number of benzene rings is 1. The Kier molecular flexibility index (Phi) is 3.17. The Morgan fingerprint density at radius 2 is 1.87 bits per heavy atom. The molecule has 0 spiro atoms. The van der Waals surface area contributed by atoms with E-state index >= 15 is 0 Å². The number of nitrogens with zero attached hydrogens (tertiary/aromatic N) is 1. The molecule has 1 fully saturated rings. The summed E-state index contributed by atoms with van der Waals surface area (Å²) in [4.78, 5) is 4.66. The van der Waals surface area contributed by atoms with Crippen molar-refractivity contribution in [2.75, 3.05) is 0 Å². The van der Waals surface area contributed by atoms with E-state index in [-0.39, 0.29) is 6.10 Å². The number of rotatable bonds is 1. The van der Waals surface area contributed by atoms with Gasteiger partial charge < -0.3 is 5.11 Å². The lowest BCUT2D eigenvalue weighted by Crippen LogP contribution is -2.17. The van der Waals surface area contributed by atoms with E-state index < -0.39 is 0 Å². The second-order valence-corrected chi connectivity index (χ2v) is 4.20. The smallest absolute Gasteiger partial charge is 0.0658 e. The molecule has 1 aromatic rings. The third-order valence-corrected chi connectivity index (χ3v) is 2.93. The first-order chi connectivity index (χ1) is 7.25. The highest BCUT2D eigenvalue weighted by Gasteiger charge is 2.14. The van der Waals surface area contributed by atoms with Crippen LogP contribution in [0.1, 0.15) is 31.2 Å². The van der Waals surface area contributed by atoms with Gasteiger partial charge >= 0.3 is 0 Å². The molecule has 1 N–H and O–H groups in total. The van der Waals surface area contributed by atoms with Crippen LogP contribution in [0.3, 0.4) is 0 Å². The summed E-state index contributed by atoms with van der Waals surface area (Å²) in [6.07, 6.45) is 3.50. The number of aryl methyl sites for hydroxylation is 1. The van der Waals surface area contributed by atoms with E-state index in [4.69, 9.17) is 0 Å². The number of para-hydroxylation sites is 1. The van der Waals surface area contributed by atoms with Gasteiger partial charge in [0.1, 0.15) is 0 Å². The van der Waals surface area contributed by atoms with Gasteiger partial charge in [0.05, 0.1) is 11.8 Å². The first-order valence-electron chi connectivity index (χ1n) is 5.56. The molecular formula is C13H17NO. The van der Waals surface area contributed by atoms with Crippen molar-refractivity contribution in [3.8, 4) is 0 Å². The molecule has 2 rings (SSSR count). The maximum Gasteiger partial charge on any atom is 0.0658 e. The van der Waals surface area contributed by atoms with Crippen molar-refractivity contribution in [2.24, 2.45) is 4.99 Å². The number of hydrogen-bond acceptors (Lipinski definition) is 2. The quantitative estimate of drug-likeness (QED) is 0.747. The number of aliphatic hydroxyl groups excluding tert-OH is 1. The van der Waals surface area contributed by atoms with Crippen molar-refractivity contribution in [2.45, 2.75) is 38.7 Å². The van der Waals surface area contributed by atoms with Crippen molar-refractivity contribution < 1.29 is 5.11 Å². The summed E-state index contributed by atoms with van der Waals surface area (Å²) in [6, 6.07) is 8.18. The summed E-state index contributed by atoms with van der Waals surface area (Å²) >= 11 is 0. The van der Waals surface area contributed by atoms with Gasteiger partial charge in [0, 0.05) is 5.71 Å². The minimum absolute atomic E-state index is 0.110. The Balaban J connectivity index is 2.13. The molecule has 1 aliphatic carbocycles. The molecule has 0 atom stereocenters. The molecule has 0 aromatic heterocycles. The Bertz CT molecular complexity index is 361. The number of aliphatic imine (C=N–C) groups is 1. The number of aliphatic hydroxyl groups is 1. The maximum atomic E-state index is 9.39. The van der Waals surface area contributed by atoms with E-state index in [0.29, 0.717) is 0 Å². The van der Waals surface area contributed by atoms with Crippen LogP contribution in [0.5, 0.6) is 0 Å². The van der Waals surface area contributed by atoms with E-state index in [0.717, 1.165) is 31.4 Å². The van der Waals surface area contributed by atoms with Gasteiger partial charge in [-0.05, 0) is 44.2 Å². The Morgan fingerprint density at radius 3 is 2.53 bits per heavy atom. The van der Waals surface area contributed by atoms with Gasteiger partial charge in [0.2, 0.25) is 0 Å². The highest BCUT2D eigenvalue weighted by Crippen LogP contribution is 2.22. The van der Waals surface area contributed by atoms with Crippen LogP contribution in [0.15, 0.2) is 29.3 Å². The zero-order valence-electron chi connectivity index (χ0n) is 9.11. The van der Waals surface area contributed by atoms with Crippen LogP contribution in [0.2, 0.25) is 0 Å². The predicted molar refractivity (Wildman–Crippen MR) is 62.7 cm³/mol. The van der Waals surface area contributed by atoms with Gasteiger partial charge in [-0.1, -0.05) is 18.2 Å². The fraction of sp³-hybridized carbons (Fsp3) is 0.462. The highest BCUT2D eigenvalue weighted by molar-refractivity contribution is 5.87. The van der Waals surface area contributed by atoms with Crippen LogP contribution < -0.4 is 0 Å². The molecule has 0 bridgehead atoms. The molecule has 0 heterocycles. The summed E-state index contributed by atoms with van der Waals surface area (Å²) < 4.78 is 0. The monoisotopic (exact) mass is 203 g/mol. The molecule has 0 aliphatic heterocycles. The fourth-order valence-corrected chi connectivity index (χ4v) is 1.91. The van der Waals surface area contributed by atoms with Crippen molar-refractivity contribution in [3.05, 3.63) is 29.8 Å². The molecule has 0 radical (unpaired) electrons. The summed E-state index contributed by atoms with van der Waals surface area (Å²) in [6.45, 7) is 2.08. The lowest BCUT2D eigenvalue weighted by atomic mass is 9.96. The molecule has 0 saturated heterocycles. The van der Waals surface area contributed by atoms with Crippen LogP contribution in [0, 0.1) is 6.92 Å². The Morgan fingerprint density at radius 1 is 1.20 bits per heavy atom. The lowest BCUT2D eigenvalue weighted by molar-refractivity contribution is 0.152. The van der Waals surface area contributed by atoms with Gasteiger partial charge in [-0.2, -0.15) is 0 Å². The topological polar surface area (TPSA) is 32.6 Å². The van der Waals surface area contributed by atoms with E-state index in [9.17, 15) is 5.11 Å². The number of hydrogen-bond donors (Lipinski definition) is 1. The molecule has 0 amide bonds. The first kappa shape index (κ1) is 10.4. The standard InChI is InChI=1S/C13H17NO/c1-10-4-2-3-5-13(10)14-11-6-8-12(15)9-7-11/h2-5,12,15H,6-9H2,1H3. The zero-order chi connectivity index (χ0) is 10.7. The SMILES string of the molecule is Cc1ccccc1N=C1CCC(O)CC1. The van der Waals surface area contributed by atoms with Crippen molar-refractivity contribution in [3.63, 3.8) is 0 Å². The minimum atomic E-state index is -0.110. The van der Waals surface area contributed by atoms with E-state index in [1.165, 1.54) is 11.3 Å². The summed E-state index contributed by atoms with van der Waals surface area (Å²) in [7, 11) is 0. The second kappa shape index (κ2) is 4.58. The first-order valence-corrected chi connectivity index (χ1v) is 5.56. The van der Waals surface area contributed by atoms with Gasteiger partial charge in [-0.25, -0.2) is 0 Å². The molecule has 1 aromatic carbocycles. The van der Waals surface area contributed by atoms with Crippen molar-refractivity contribution in [1.29, 1.82) is 0 Å². The average Bonchev–Trinajstić information content (AvgIpc) is 2.25. The zero-order valence-corrected chi connectivity index (χ0v) is 9.11. The molecule has 2 heteroatoms. The molecule has 15 heavy (non-hydrogen) atoms. The maximum absolute atomic E-state index is 9.39. The summed E-state index contributed by atoms with van der Waals surface area (Å²) in [5.41, 5.74) is 3.52. The minimum Gasteiger partial charge on any atom is -0.393 e. The average molecular weight is 203 g/mol. The van der Waals surface area contributed by atoms with Gasteiger partial charge in [-0.15, -0.1) is 0 Å². The van der Waals surface area contributed by atoms with Crippen LogP contribution in [-0.2, 0) is 0 Å². The highest BCUT2D eigenvalue weighted by atomic mass is 16.3. The third kappa shape index (κ3) is 2.66. The third-order valence-electron chi connectivity index (χ3n) is 2.93. The Hall–Kier alpha value is -1.15. The van der Waals surface area contributed by atoms with Crippen LogP contribution in [0.4, 0.5) is 5.69 Å². The molecule has 1 saturated carbocycles. The molecule has 80 valence electrons. The molecule has 0 unspecified atom stereocenters. The summed E-state index contributed by atoms with van der Waals surface area (Å²) in [5, 5.41) is 9.39. The van der Waals surface area contributed by atoms with Gasteiger partial charge in [0.15, 0.2) is 0 Å². The fourth-order valence-electron chi connectivity index (χ4n) is 1.91. The van der Waals surface area contributed by atoms with E-state index in [2.05, 4.69) is 18.0 Å². The van der Waals surface area contributed by atoms with Crippen LogP contribution in [0.25, 0.3) is 0 Å². The molecule has 1 aliphatic rings. The van der Waals surface area contributed by atoms with Gasteiger partial charge in [-0.3, -0.25) is 4.99 Å². The van der Waals surface area contributed by atoms with Crippen LogP contribution >= 0.6 is 0 Å². The molecule has 2 nitrogen and oxygen atoms in total. The molecular weight excluding hydrogens is 186 g/mol. The van der Waals surface area contributed by atoms with E-state index in [1.807, 2.05) is 18.2 Å². The normalized spacial score (nSPS) is 21.5. The Labute approximate surface area is 90.7 Å². The largest absolute Gasteiger partial charge is 0.393 e.